The van der Waals surface area contributed by atoms with Gasteiger partial charge in [0.15, 0.2) is 28.9 Å². The summed E-state index contributed by atoms with van der Waals surface area (Å²) in [5, 5.41) is 29.0. The van der Waals surface area contributed by atoms with Gasteiger partial charge in [-0.1, -0.05) is 120 Å². The number of rotatable bonds is 13. The number of Topliss-reactive ketones (excluding diaryl/α,β-unsaturated/α-hetero) is 5. The van der Waals surface area contributed by atoms with Crippen LogP contribution in [0.5, 0.6) is 28.7 Å². The van der Waals surface area contributed by atoms with E-state index in [9.17, 15) is 34.2 Å². The van der Waals surface area contributed by atoms with Gasteiger partial charge in [-0.3, -0.25) is 24.0 Å². The number of allylic oxidation sites excluding steroid dienone is 3. The molecule has 0 unspecified atom stereocenters. The van der Waals surface area contributed by atoms with Crippen molar-refractivity contribution in [3.8, 4) is 28.7 Å². The lowest BCUT2D eigenvalue weighted by Crippen LogP contribution is -2.24. The highest BCUT2D eigenvalue weighted by Gasteiger charge is 2.30. The number of ether oxygens (including phenoxy) is 2. The van der Waals surface area contributed by atoms with E-state index < -0.39 is 0 Å². The topological polar surface area (TPSA) is 164 Å². The van der Waals surface area contributed by atoms with E-state index in [0.29, 0.717) is 53.0 Å². The minimum Gasteiger partial charge on any atom is -0.508 e. The number of hydrogen-bond donors (Lipinski definition) is 3. The zero-order valence-corrected chi connectivity index (χ0v) is 44.8. The highest BCUT2D eigenvalue weighted by Crippen LogP contribution is 2.35. The second-order valence-electron chi connectivity index (χ2n) is 18.0. The number of fused-ring (bicyclic) bond motifs is 1. The Morgan fingerprint density at radius 3 is 1.52 bits per heavy atom. The Morgan fingerprint density at radius 1 is 0.563 bits per heavy atom. The fourth-order valence-corrected chi connectivity index (χ4v) is 6.19. The number of phenols is 3. The first-order valence-corrected chi connectivity index (χ1v) is 23.8. The van der Waals surface area contributed by atoms with Gasteiger partial charge in [-0.05, 0) is 148 Å². The molecule has 5 aromatic rings. The van der Waals surface area contributed by atoms with Gasteiger partial charge < -0.3 is 24.8 Å². The number of carbonyl (C=O) groups is 5. The van der Waals surface area contributed by atoms with Crippen LogP contribution >= 0.6 is 15.9 Å². The molecule has 0 amide bonds. The van der Waals surface area contributed by atoms with Gasteiger partial charge in [0.25, 0.3) is 0 Å². The largest absolute Gasteiger partial charge is 0.508 e. The van der Waals surface area contributed by atoms with E-state index in [0.717, 1.165) is 45.3 Å². The maximum atomic E-state index is 11.3. The number of hydrogen-bond acceptors (Lipinski definition) is 10. The van der Waals surface area contributed by atoms with Crippen molar-refractivity contribution in [3.63, 3.8) is 0 Å². The van der Waals surface area contributed by atoms with Gasteiger partial charge in [0, 0.05) is 45.1 Å². The monoisotopic (exact) mass is 1030 g/mol. The number of phenolic OH excluding ortho intramolecular Hbond substituents is 3. The summed E-state index contributed by atoms with van der Waals surface area (Å²) in [5.74, 6) is 2.07. The summed E-state index contributed by atoms with van der Waals surface area (Å²) in [5.41, 5.74) is 9.63. The predicted molar refractivity (Wildman–Crippen MR) is 292 cm³/mol. The Balaban J connectivity index is 0.000000435. The Hall–Kier alpha value is -7.11. The quantitative estimate of drug-likeness (QED) is 0.0587. The minimum absolute atomic E-state index is 0.0304. The summed E-state index contributed by atoms with van der Waals surface area (Å²) in [4.78, 5) is 55.2. The van der Waals surface area contributed by atoms with Crippen molar-refractivity contribution in [1.29, 1.82) is 0 Å². The normalized spacial score (nSPS) is 11.0. The predicted octanol–water partition coefficient (Wildman–Crippen LogP) is 14.4. The molecule has 5 aromatic carbocycles. The lowest BCUT2D eigenvalue weighted by molar-refractivity contribution is 0.100. The average Bonchev–Trinajstić information content (AvgIpc) is 3.61. The van der Waals surface area contributed by atoms with Crippen LogP contribution in [0.3, 0.4) is 0 Å². The molecule has 1 heterocycles. The van der Waals surface area contributed by atoms with Gasteiger partial charge in [-0.2, -0.15) is 0 Å². The van der Waals surface area contributed by atoms with Crippen molar-refractivity contribution < 1.29 is 48.8 Å². The lowest BCUT2D eigenvalue weighted by atomic mass is 9.98. The number of halogens is 1. The van der Waals surface area contributed by atoms with Gasteiger partial charge in [0.1, 0.15) is 41.0 Å². The third kappa shape index (κ3) is 24.3. The van der Waals surface area contributed by atoms with Crippen LogP contribution in [0.4, 0.5) is 0 Å². The van der Waals surface area contributed by atoms with Crippen molar-refractivity contribution in [2.75, 3.05) is 11.9 Å². The third-order valence-corrected chi connectivity index (χ3v) is 10.6. The van der Waals surface area contributed by atoms with E-state index in [2.05, 4.69) is 56.1 Å². The maximum absolute atomic E-state index is 11.3. The van der Waals surface area contributed by atoms with Gasteiger partial charge in [0.05, 0.1) is 0 Å². The standard InChI is InChI=1S/4C12H14O2.C8H8O2.C4H7Br/c1-8(13)9-4-5-10-7-12(2,3)14-11(10)6-9;1-8(2)6-11-5-4-10(9(3)13)7-12(11)14;1-9(2)8-14-12-6-4-5-11(7-12)10(3)13;1-8(2)7-11-10(9(3)13)5-4-6-12(11)14;1-6(9)7-3-2-4-8(10)5-7;1-4(2)3-5/h4-6H,7H2,1-3H3;4-5,7,14H,1,6H2,2-3H3;4-7H,1,8H2,2-3H3;4-6,14H,1,7H2,2-3H3;2-5,10H,1H3;1,3H2,2H3. The zero-order chi connectivity index (χ0) is 54.2. The van der Waals surface area contributed by atoms with Gasteiger partial charge in [-0.25, -0.2) is 0 Å². The molecule has 0 fully saturated rings. The lowest BCUT2D eigenvalue weighted by Gasteiger charge is -2.16. The molecule has 0 radical (unpaired) electrons. The number of benzene rings is 5. The fourth-order valence-electron chi connectivity index (χ4n) is 6.19. The van der Waals surface area contributed by atoms with E-state index in [4.69, 9.17) is 14.6 Å². The molecule has 0 bridgehead atoms. The second kappa shape index (κ2) is 30.5. The number of aromatic hydroxyl groups is 3. The Labute approximate surface area is 429 Å². The van der Waals surface area contributed by atoms with Crippen molar-refractivity contribution in [2.45, 2.75) is 101 Å². The number of alkyl halides is 1. The fraction of sp³-hybridized carbons (Fsp3) is 0.283. The van der Waals surface area contributed by atoms with E-state index >= 15 is 0 Å². The van der Waals surface area contributed by atoms with E-state index in [1.807, 2.05) is 58.0 Å². The van der Waals surface area contributed by atoms with Crippen molar-refractivity contribution in [2.24, 2.45) is 0 Å². The molecule has 3 N–H and O–H groups in total. The van der Waals surface area contributed by atoms with Crippen molar-refractivity contribution in [1.82, 2.24) is 0 Å². The molecule has 0 saturated carbocycles. The van der Waals surface area contributed by atoms with E-state index in [1.54, 1.807) is 61.5 Å². The molecule has 1 aliphatic rings. The summed E-state index contributed by atoms with van der Waals surface area (Å²) in [7, 11) is 0. The molecule has 6 rings (SSSR count). The molecule has 0 spiro atoms. The zero-order valence-electron chi connectivity index (χ0n) is 43.3. The van der Waals surface area contributed by atoms with Crippen LogP contribution < -0.4 is 9.47 Å². The van der Waals surface area contributed by atoms with Crippen LogP contribution in [0.2, 0.25) is 0 Å². The average molecular weight is 1030 g/mol. The molecule has 0 aliphatic carbocycles. The first kappa shape index (κ1) is 61.9. The van der Waals surface area contributed by atoms with Crippen LogP contribution in [0.25, 0.3) is 0 Å². The van der Waals surface area contributed by atoms with Crippen LogP contribution in [0, 0.1) is 0 Å². The first-order chi connectivity index (χ1) is 33.1. The Morgan fingerprint density at radius 2 is 1.06 bits per heavy atom. The minimum atomic E-state index is -0.127. The van der Waals surface area contributed by atoms with Gasteiger partial charge in [0.2, 0.25) is 0 Å². The molecule has 11 heteroatoms. The molecule has 0 saturated heterocycles. The summed E-state index contributed by atoms with van der Waals surface area (Å²) in [6.07, 6.45) is 2.10. The van der Waals surface area contributed by atoms with Gasteiger partial charge >= 0.3 is 0 Å². The molecule has 0 atom stereocenters. The second-order valence-corrected chi connectivity index (χ2v) is 18.5. The van der Waals surface area contributed by atoms with Crippen LogP contribution in [-0.4, -0.2) is 61.8 Å². The maximum Gasteiger partial charge on any atom is 0.160 e. The highest BCUT2D eigenvalue weighted by atomic mass is 79.9. The van der Waals surface area contributed by atoms with Crippen LogP contribution in [0.15, 0.2) is 152 Å². The van der Waals surface area contributed by atoms with E-state index in [-0.39, 0.29) is 51.8 Å². The number of ketones is 5. The highest BCUT2D eigenvalue weighted by molar-refractivity contribution is 9.09. The van der Waals surface area contributed by atoms with Crippen LogP contribution in [-0.2, 0) is 19.3 Å². The first-order valence-electron chi connectivity index (χ1n) is 22.7. The molecular formula is C60H71BrO10. The summed E-state index contributed by atoms with van der Waals surface area (Å²) in [6.45, 7) is 34.7. The number of carbonyl (C=O) groups excluding carboxylic acids is 5. The molecule has 1 aliphatic heterocycles. The van der Waals surface area contributed by atoms with Crippen LogP contribution in [0.1, 0.15) is 145 Å². The summed E-state index contributed by atoms with van der Waals surface area (Å²) >= 11 is 3.21. The van der Waals surface area contributed by atoms with Crippen molar-refractivity contribution in [3.05, 3.63) is 196 Å². The molecular weight excluding hydrogens is 961 g/mol. The molecule has 71 heavy (non-hydrogen) atoms. The summed E-state index contributed by atoms with van der Waals surface area (Å²) < 4.78 is 11.1. The Kier molecular flexibility index (Phi) is 26.6. The SMILES string of the molecule is C=C(C)CBr.C=C(C)COc1cccc(C(C)=O)c1.C=C(C)Cc1c(O)cccc1C(C)=O.C=C(C)Cc1ccc(C(C)=O)cc1O.CC(=O)c1ccc2c(c1)OC(C)(C)C2.CC(=O)c1cccc(O)c1. The molecule has 378 valence electrons. The Bertz CT molecular complexity index is 2710. The van der Waals surface area contributed by atoms with Gasteiger partial charge in [-0.15, -0.1) is 0 Å². The smallest absolute Gasteiger partial charge is 0.160 e. The summed E-state index contributed by atoms with van der Waals surface area (Å²) in [6, 6.07) is 29.1. The third-order valence-electron chi connectivity index (χ3n) is 9.68. The molecule has 0 aromatic heterocycles. The van der Waals surface area contributed by atoms with Crippen molar-refractivity contribution >= 4 is 44.8 Å². The van der Waals surface area contributed by atoms with E-state index in [1.165, 1.54) is 57.0 Å². The molecule has 10 nitrogen and oxygen atoms in total.